The van der Waals surface area contributed by atoms with E-state index in [-0.39, 0.29) is 35.4 Å². The topological polar surface area (TPSA) is 187 Å². The lowest BCUT2D eigenvalue weighted by Gasteiger charge is -2.44. The molecule has 1 aromatic heterocycles. The lowest BCUT2D eigenvalue weighted by Crippen LogP contribution is -2.57. The Kier molecular flexibility index (Phi) is 19.8. The van der Waals surface area contributed by atoms with Gasteiger partial charge in [-0.05, 0) is 54.6 Å². The van der Waals surface area contributed by atoms with Crippen LogP contribution in [0.1, 0.15) is 151 Å². The van der Waals surface area contributed by atoms with Crippen LogP contribution in [-0.4, -0.2) is 93.3 Å². The number of unbranched alkanes of at least 4 members (excludes halogenated alkanes) is 12. The van der Waals surface area contributed by atoms with Crippen LogP contribution in [0, 0.1) is 0 Å². The summed E-state index contributed by atoms with van der Waals surface area (Å²) in [5, 5.41) is 3.21. The minimum atomic E-state index is -2.66. The Balaban J connectivity index is 1.98. The fourth-order valence-electron chi connectivity index (χ4n) is 7.52. The molecule has 1 amide bonds. The number of methoxy groups -OCH3 is 1. The Morgan fingerprint density at radius 2 is 1.33 bits per heavy atom. The number of aromatic amines is 1. The molecule has 0 bridgehead atoms. The molecule has 0 aromatic carbocycles. The molecule has 1 N–H and O–H groups in total. The Hall–Kier alpha value is -2.80. The number of rotatable bonds is 24. The summed E-state index contributed by atoms with van der Waals surface area (Å²) in [6, 6.07) is 0.00699. The Labute approximate surface area is 360 Å². The molecule has 0 saturated carbocycles. The number of carbonyl (C=O) groups is 2. The molecule has 2 aliphatic rings. The fraction of sp³-hybridized carbons (Fsp3) is 0.860. The normalized spacial score (nSPS) is 23.8. The van der Waals surface area contributed by atoms with Crippen molar-refractivity contribution in [2.75, 3.05) is 13.7 Å². The van der Waals surface area contributed by atoms with E-state index in [1.54, 1.807) is 0 Å². The number of azide groups is 1. The highest BCUT2D eigenvalue weighted by Crippen LogP contribution is 2.48. The van der Waals surface area contributed by atoms with Gasteiger partial charge in [0.2, 0.25) is 5.91 Å². The molecule has 3 heterocycles. The molecule has 2 aliphatic heterocycles. The van der Waals surface area contributed by atoms with Crippen molar-refractivity contribution in [3.8, 4) is 0 Å². The quantitative estimate of drug-likeness (QED) is 0.0264. The zero-order chi connectivity index (χ0) is 44.9. The smallest absolute Gasteiger partial charge is 0.331 e. The lowest BCUT2D eigenvalue weighted by atomic mass is 9.98. The number of nitrogens with one attached hydrogen (secondary N) is 1. The third-order valence-corrected chi connectivity index (χ3v) is 22.1. The highest BCUT2D eigenvalue weighted by Gasteiger charge is 2.62. The first-order valence-corrected chi connectivity index (χ1v) is 28.3. The van der Waals surface area contributed by atoms with E-state index in [0.29, 0.717) is 6.42 Å². The maximum Gasteiger partial charge on any atom is 0.331 e. The molecule has 342 valence electrons. The first-order chi connectivity index (χ1) is 28.1. The maximum atomic E-state index is 14.3. The number of esters is 1. The summed E-state index contributed by atoms with van der Waals surface area (Å²) in [5.74, 6) is -0.963. The van der Waals surface area contributed by atoms with Crippen molar-refractivity contribution in [2.45, 2.75) is 224 Å². The predicted octanol–water partition coefficient (Wildman–Crippen LogP) is 9.49. The number of aromatic nitrogens is 2. The van der Waals surface area contributed by atoms with Gasteiger partial charge < -0.3 is 28.0 Å². The van der Waals surface area contributed by atoms with Crippen molar-refractivity contribution in [1.82, 2.24) is 14.5 Å². The van der Waals surface area contributed by atoms with Gasteiger partial charge in [0.05, 0.1) is 7.11 Å². The third-order valence-electron chi connectivity index (χ3n) is 13.1. The van der Waals surface area contributed by atoms with Crippen molar-refractivity contribution < 1.29 is 32.7 Å². The second kappa shape index (κ2) is 23.0. The van der Waals surface area contributed by atoms with Crippen LogP contribution in [0.25, 0.3) is 10.4 Å². The van der Waals surface area contributed by atoms with E-state index < -0.39 is 76.8 Å². The first-order valence-electron chi connectivity index (χ1n) is 22.5. The van der Waals surface area contributed by atoms with Crippen LogP contribution in [0.3, 0.4) is 0 Å². The Bertz CT molecular complexity index is 1680. The number of hydrogen-bond donors (Lipinski definition) is 1. The predicted molar refractivity (Wildman–Crippen MR) is 240 cm³/mol. The minimum Gasteiger partial charge on any atom is -0.467 e. The molecule has 60 heavy (non-hydrogen) atoms. The number of amides is 1. The van der Waals surface area contributed by atoms with Gasteiger partial charge >= 0.3 is 11.7 Å². The summed E-state index contributed by atoms with van der Waals surface area (Å²) in [5.41, 5.74) is 7.88. The van der Waals surface area contributed by atoms with Gasteiger partial charge in [-0.3, -0.25) is 19.1 Å². The van der Waals surface area contributed by atoms with E-state index in [1.165, 1.54) is 86.6 Å². The second-order valence-electron chi connectivity index (χ2n) is 19.8. The van der Waals surface area contributed by atoms with E-state index in [0.717, 1.165) is 19.3 Å². The fourth-order valence-corrected chi connectivity index (χ4v) is 10.1. The number of hydrogen-bond acceptors (Lipinski definition) is 10. The van der Waals surface area contributed by atoms with Gasteiger partial charge in [-0.1, -0.05) is 131 Å². The summed E-state index contributed by atoms with van der Waals surface area (Å²) in [7, 11) is -4.02. The monoisotopic (exact) mass is 879 g/mol. The molecule has 1 aromatic rings. The summed E-state index contributed by atoms with van der Waals surface area (Å²) in [6.45, 7) is 23.3. The van der Waals surface area contributed by atoms with Crippen molar-refractivity contribution in [1.29, 1.82) is 0 Å². The molecule has 0 aliphatic carbocycles. The summed E-state index contributed by atoms with van der Waals surface area (Å²) >= 11 is 0. The van der Waals surface area contributed by atoms with Crippen molar-refractivity contribution in [3.63, 3.8) is 0 Å². The number of H-pyrrole nitrogens is 1. The van der Waals surface area contributed by atoms with Crippen LogP contribution in [0.15, 0.2) is 27.0 Å². The van der Waals surface area contributed by atoms with E-state index >= 15 is 0 Å². The molecule has 0 unspecified atom stereocenters. The van der Waals surface area contributed by atoms with Gasteiger partial charge in [0.15, 0.2) is 28.9 Å². The molecular weight excluding hydrogens is 801 g/mol. The molecular formula is C43H78N6O9Si2. The van der Waals surface area contributed by atoms with E-state index in [4.69, 9.17) is 28.6 Å². The van der Waals surface area contributed by atoms with E-state index in [9.17, 15) is 19.2 Å². The van der Waals surface area contributed by atoms with Gasteiger partial charge in [-0.25, -0.2) is 9.59 Å². The second-order valence-corrected chi connectivity index (χ2v) is 29.3. The summed E-state index contributed by atoms with van der Waals surface area (Å²) < 4.78 is 34.7. The summed E-state index contributed by atoms with van der Waals surface area (Å²) in [6.07, 6.45) is 11.0. The van der Waals surface area contributed by atoms with Crippen LogP contribution >= 0.6 is 0 Å². The van der Waals surface area contributed by atoms with Gasteiger partial charge in [0.25, 0.3) is 5.56 Å². The molecule has 0 spiro atoms. The Morgan fingerprint density at radius 1 is 0.817 bits per heavy atom. The molecule has 15 nitrogen and oxygen atoms in total. The molecule has 0 radical (unpaired) electrons. The van der Waals surface area contributed by atoms with Crippen LogP contribution < -0.4 is 11.2 Å². The molecule has 2 fully saturated rings. The summed E-state index contributed by atoms with van der Waals surface area (Å²) in [4.78, 5) is 60.8. The van der Waals surface area contributed by atoms with Gasteiger partial charge in [0.1, 0.15) is 30.6 Å². The van der Waals surface area contributed by atoms with Crippen LogP contribution in [0.5, 0.6) is 0 Å². The van der Waals surface area contributed by atoms with E-state index in [1.807, 2.05) is 0 Å². The standard InChI is InChI=1S/C43H78N6O9Si2/c1-13-14-15-16-17-18-19-20-21-22-23-24-25-26-32(51)49-33(27-29-45-47-44)55-35(34(49)40(52)54-8)36-37(57-59(9,10)42(2,3)4)38(58-60(11,12)43(5,6)7)39(56-36)48-30-28-31(50)46-41(48)53/h28,30,33-39H,13-27,29H2,1-12H3,(H,46,50,53)/t33-,34+,35+,36-,37-,38-,39-/m1/s1. The van der Waals surface area contributed by atoms with Crippen molar-refractivity contribution >= 4 is 28.5 Å². The van der Waals surface area contributed by atoms with Crippen LogP contribution in [0.2, 0.25) is 36.3 Å². The average molecular weight is 879 g/mol. The number of ether oxygens (including phenoxy) is 3. The van der Waals surface area contributed by atoms with Crippen LogP contribution in [-0.2, 0) is 32.7 Å². The number of carbonyl (C=O) groups excluding carboxylic acids is 2. The third kappa shape index (κ3) is 13.9. The first kappa shape index (κ1) is 51.6. The zero-order valence-corrected chi connectivity index (χ0v) is 40.9. The van der Waals surface area contributed by atoms with Gasteiger partial charge in [0, 0.05) is 30.1 Å². The largest absolute Gasteiger partial charge is 0.467 e. The van der Waals surface area contributed by atoms with E-state index in [2.05, 4.69) is 89.7 Å². The van der Waals surface area contributed by atoms with Crippen molar-refractivity contribution in [2.24, 2.45) is 5.11 Å². The van der Waals surface area contributed by atoms with Crippen molar-refractivity contribution in [3.05, 3.63) is 43.5 Å². The zero-order valence-electron chi connectivity index (χ0n) is 38.9. The molecule has 7 atom stereocenters. The molecule has 3 rings (SSSR count). The molecule has 17 heteroatoms. The highest BCUT2D eigenvalue weighted by molar-refractivity contribution is 6.74. The van der Waals surface area contributed by atoms with Crippen LogP contribution in [0.4, 0.5) is 0 Å². The minimum absolute atomic E-state index is 0.0201. The van der Waals surface area contributed by atoms with Gasteiger partial charge in [-0.2, -0.15) is 0 Å². The number of nitrogens with zero attached hydrogens (tertiary/aromatic N) is 5. The van der Waals surface area contributed by atoms with Gasteiger partial charge in [-0.15, -0.1) is 0 Å². The molecule has 2 saturated heterocycles. The highest BCUT2D eigenvalue weighted by atomic mass is 28.4. The average Bonchev–Trinajstić information content (AvgIpc) is 3.69. The Morgan fingerprint density at radius 3 is 1.82 bits per heavy atom. The lowest BCUT2D eigenvalue weighted by molar-refractivity contribution is -0.154. The maximum absolute atomic E-state index is 14.3. The SMILES string of the molecule is CCCCCCCCCCCCCCCC(=O)N1[C@H](C(=O)OC)[C@@H]([C@H]2O[C@@H](n3ccc(=O)[nH]c3=O)[C@H](O[Si](C)(C)C(C)(C)C)[C@@H]2O[Si](C)(C)C(C)(C)C)O[C@@H]1CCN=[N+]=[N-].